The van der Waals surface area contributed by atoms with Gasteiger partial charge in [0.15, 0.2) is 0 Å². The molecule has 0 aliphatic rings. The maximum atomic E-state index is 13.6. The van der Waals surface area contributed by atoms with E-state index >= 15 is 0 Å². The van der Waals surface area contributed by atoms with Crippen LogP contribution in [0.3, 0.4) is 0 Å². The average Bonchev–Trinajstić information content (AvgIpc) is 2.77. The van der Waals surface area contributed by atoms with Crippen LogP contribution in [0.1, 0.15) is 15.9 Å². The molecule has 0 unspecified atom stereocenters. The van der Waals surface area contributed by atoms with Gasteiger partial charge < -0.3 is 14.6 Å². The standard InChI is InChI=1S/C22H21NO6S/c1-28-17-11-13-18(14-12-17)30(26,27)23(15-16-7-4-3-5-8-16)21-19(22(25)29-2)9-6-10-20(21)24/h3-14,24H,15H2,1-2H3. The van der Waals surface area contributed by atoms with E-state index in [1.807, 2.05) is 6.07 Å². The van der Waals surface area contributed by atoms with Gasteiger partial charge in [-0.1, -0.05) is 36.4 Å². The van der Waals surface area contributed by atoms with Gasteiger partial charge >= 0.3 is 5.97 Å². The van der Waals surface area contributed by atoms with Crippen molar-refractivity contribution >= 4 is 21.7 Å². The zero-order valence-corrected chi connectivity index (χ0v) is 17.3. The molecule has 0 amide bonds. The van der Waals surface area contributed by atoms with Crippen LogP contribution >= 0.6 is 0 Å². The van der Waals surface area contributed by atoms with Gasteiger partial charge in [0.2, 0.25) is 0 Å². The van der Waals surface area contributed by atoms with Crippen LogP contribution in [-0.2, 0) is 21.3 Å². The summed E-state index contributed by atoms with van der Waals surface area (Å²) in [6.45, 7) is -0.100. The van der Waals surface area contributed by atoms with E-state index < -0.39 is 16.0 Å². The fourth-order valence-electron chi connectivity index (χ4n) is 2.98. The number of phenolic OH excluding ortho intramolecular Hbond substituents is 1. The molecule has 156 valence electrons. The second-order valence-corrected chi connectivity index (χ2v) is 8.20. The number of ether oxygens (including phenoxy) is 2. The van der Waals surface area contributed by atoms with Crippen LogP contribution in [0.4, 0.5) is 5.69 Å². The minimum absolute atomic E-state index is 0.0155. The van der Waals surface area contributed by atoms with Crippen molar-refractivity contribution in [1.29, 1.82) is 0 Å². The zero-order chi connectivity index (χ0) is 21.7. The number of hydrogen-bond donors (Lipinski definition) is 1. The van der Waals surface area contributed by atoms with Crippen LogP contribution < -0.4 is 9.04 Å². The maximum absolute atomic E-state index is 13.6. The van der Waals surface area contributed by atoms with Crippen molar-refractivity contribution in [3.05, 3.63) is 83.9 Å². The monoisotopic (exact) mass is 427 g/mol. The largest absolute Gasteiger partial charge is 0.506 e. The van der Waals surface area contributed by atoms with Gasteiger partial charge in [-0.2, -0.15) is 0 Å². The quantitative estimate of drug-likeness (QED) is 0.580. The summed E-state index contributed by atoms with van der Waals surface area (Å²) in [7, 11) is -1.48. The normalized spacial score (nSPS) is 11.0. The van der Waals surface area contributed by atoms with E-state index in [1.165, 1.54) is 56.7 Å². The third-order valence-electron chi connectivity index (χ3n) is 4.49. The average molecular weight is 427 g/mol. The molecule has 0 saturated carbocycles. The Morgan fingerprint density at radius 3 is 2.20 bits per heavy atom. The van der Waals surface area contributed by atoms with E-state index in [2.05, 4.69) is 0 Å². The van der Waals surface area contributed by atoms with Gasteiger partial charge in [0.1, 0.15) is 17.2 Å². The summed E-state index contributed by atoms with van der Waals surface area (Å²) in [5.41, 5.74) is 0.461. The van der Waals surface area contributed by atoms with Crippen LogP contribution in [0, 0.1) is 0 Å². The molecule has 0 fully saturated rings. The molecule has 8 heteroatoms. The zero-order valence-electron chi connectivity index (χ0n) is 16.5. The molecular formula is C22H21NO6S. The number of anilines is 1. The number of benzene rings is 3. The van der Waals surface area contributed by atoms with Gasteiger partial charge in [-0.3, -0.25) is 4.31 Å². The number of para-hydroxylation sites is 1. The predicted molar refractivity (Wildman–Crippen MR) is 112 cm³/mol. The molecule has 0 atom stereocenters. The molecule has 0 aromatic heterocycles. The highest BCUT2D eigenvalue weighted by molar-refractivity contribution is 7.92. The van der Waals surface area contributed by atoms with E-state index in [-0.39, 0.29) is 28.4 Å². The number of esters is 1. The number of aromatic hydroxyl groups is 1. The second-order valence-electron chi connectivity index (χ2n) is 6.34. The Morgan fingerprint density at radius 2 is 1.60 bits per heavy atom. The molecule has 0 bridgehead atoms. The SMILES string of the molecule is COC(=O)c1cccc(O)c1N(Cc1ccccc1)S(=O)(=O)c1ccc(OC)cc1. The van der Waals surface area contributed by atoms with Gasteiger partial charge in [-0.05, 0) is 42.0 Å². The van der Waals surface area contributed by atoms with Gasteiger partial charge in [-0.15, -0.1) is 0 Å². The van der Waals surface area contributed by atoms with Gasteiger partial charge in [0, 0.05) is 0 Å². The second kappa shape index (κ2) is 8.87. The van der Waals surface area contributed by atoms with Crippen molar-refractivity contribution in [2.45, 2.75) is 11.4 Å². The summed E-state index contributed by atoms with van der Waals surface area (Å²) in [6, 6.07) is 18.9. The molecule has 7 nitrogen and oxygen atoms in total. The number of rotatable bonds is 7. The van der Waals surface area contributed by atoms with E-state index in [0.717, 1.165) is 4.31 Å². The molecule has 0 aliphatic carbocycles. The fourth-order valence-corrected chi connectivity index (χ4v) is 4.46. The van der Waals surface area contributed by atoms with Crippen LogP contribution in [0.2, 0.25) is 0 Å². The molecule has 3 aromatic carbocycles. The van der Waals surface area contributed by atoms with Gasteiger partial charge in [0.05, 0.1) is 31.2 Å². The van der Waals surface area contributed by atoms with E-state index in [1.54, 1.807) is 24.3 Å². The summed E-state index contributed by atoms with van der Waals surface area (Å²) in [6.07, 6.45) is 0. The van der Waals surface area contributed by atoms with Crippen LogP contribution in [0.15, 0.2) is 77.7 Å². The summed E-state index contributed by atoms with van der Waals surface area (Å²) < 4.78 is 38.0. The van der Waals surface area contributed by atoms with Crippen molar-refractivity contribution < 1.29 is 27.8 Å². The Bertz CT molecular complexity index is 1130. The molecule has 3 aromatic rings. The third kappa shape index (κ3) is 4.23. The lowest BCUT2D eigenvalue weighted by Gasteiger charge is -2.27. The van der Waals surface area contributed by atoms with Crippen LogP contribution in [0.5, 0.6) is 11.5 Å². The van der Waals surface area contributed by atoms with Crippen molar-refractivity contribution in [3.63, 3.8) is 0 Å². The van der Waals surface area contributed by atoms with Crippen LogP contribution in [0.25, 0.3) is 0 Å². The first-order valence-corrected chi connectivity index (χ1v) is 10.4. The lowest BCUT2D eigenvalue weighted by molar-refractivity contribution is 0.0601. The number of hydrogen-bond acceptors (Lipinski definition) is 6. The fraction of sp³-hybridized carbons (Fsp3) is 0.136. The number of methoxy groups -OCH3 is 2. The lowest BCUT2D eigenvalue weighted by atomic mass is 10.1. The molecule has 1 N–H and O–H groups in total. The highest BCUT2D eigenvalue weighted by Gasteiger charge is 2.31. The Hall–Kier alpha value is -3.52. The molecule has 30 heavy (non-hydrogen) atoms. The number of carbonyl (C=O) groups excluding carboxylic acids is 1. The number of phenols is 1. The molecule has 0 heterocycles. The maximum Gasteiger partial charge on any atom is 0.340 e. The Morgan fingerprint density at radius 1 is 0.933 bits per heavy atom. The first-order chi connectivity index (χ1) is 14.4. The topological polar surface area (TPSA) is 93.1 Å². The van der Waals surface area contributed by atoms with Crippen LogP contribution in [-0.4, -0.2) is 33.7 Å². The van der Waals surface area contributed by atoms with Crippen molar-refractivity contribution in [2.75, 3.05) is 18.5 Å². The Balaban J connectivity index is 2.20. The Labute approximate surface area is 175 Å². The molecular weight excluding hydrogens is 406 g/mol. The summed E-state index contributed by atoms with van der Waals surface area (Å²) in [5.74, 6) is -0.615. The van der Waals surface area contributed by atoms with Gasteiger partial charge in [0.25, 0.3) is 10.0 Å². The van der Waals surface area contributed by atoms with Crippen molar-refractivity contribution in [3.8, 4) is 11.5 Å². The van der Waals surface area contributed by atoms with E-state index in [0.29, 0.717) is 11.3 Å². The van der Waals surface area contributed by atoms with E-state index in [4.69, 9.17) is 9.47 Å². The van der Waals surface area contributed by atoms with Crippen molar-refractivity contribution in [1.82, 2.24) is 0 Å². The van der Waals surface area contributed by atoms with Gasteiger partial charge in [-0.25, -0.2) is 13.2 Å². The smallest absolute Gasteiger partial charge is 0.340 e. The summed E-state index contributed by atoms with van der Waals surface area (Å²) in [4.78, 5) is 12.3. The number of sulfonamides is 1. The molecule has 0 saturated heterocycles. The molecule has 0 radical (unpaired) electrons. The molecule has 0 spiro atoms. The number of carbonyl (C=O) groups is 1. The highest BCUT2D eigenvalue weighted by Crippen LogP contribution is 2.37. The lowest BCUT2D eigenvalue weighted by Crippen LogP contribution is -2.32. The molecule has 3 rings (SSSR count). The summed E-state index contributed by atoms with van der Waals surface area (Å²) in [5, 5.41) is 10.5. The minimum atomic E-state index is -4.15. The number of nitrogens with zero attached hydrogens (tertiary/aromatic N) is 1. The first kappa shape index (κ1) is 21.2. The van der Waals surface area contributed by atoms with Crippen molar-refractivity contribution in [2.24, 2.45) is 0 Å². The summed E-state index contributed by atoms with van der Waals surface area (Å²) >= 11 is 0. The predicted octanol–water partition coefficient (Wildman–Crippen LogP) is 3.58. The Kier molecular flexibility index (Phi) is 6.27. The third-order valence-corrected chi connectivity index (χ3v) is 6.25. The van der Waals surface area contributed by atoms with E-state index in [9.17, 15) is 18.3 Å². The highest BCUT2D eigenvalue weighted by atomic mass is 32.2. The molecule has 0 aliphatic heterocycles. The minimum Gasteiger partial charge on any atom is -0.506 e. The first-order valence-electron chi connectivity index (χ1n) is 8.99.